The Balaban J connectivity index is 1.38. The zero-order chi connectivity index (χ0) is 22.1. The highest BCUT2D eigenvalue weighted by Crippen LogP contribution is 2.33. The number of hydrogen-bond donors (Lipinski definition) is 3. The fourth-order valence-corrected chi connectivity index (χ4v) is 4.90. The molecule has 0 fully saturated rings. The largest absolute Gasteiger partial charge is 0.329 e. The number of pyridine rings is 1. The van der Waals surface area contributed by atoms with E-state index in [0.29, 0.717) is 32.9 Å². The van der Waals surface area contributed by atoms with Crippen LogP contribution in [0.15, 0.2) is 72.0 Å². The Morgan fingerprint density at radius 2 is 1.97 bits per heavy atom. The Labute approximate surface area is 191 Å². The number of anilines is 3. The molecule has 160 valence electrons. The summed E-state index contributed by atoms with van der Waals surface area (Å²) in [6, 6.07) is 13.6. The van der Waals surface area contributed by atoms with Crippen LogP contribution in [0.3, 0.4) is 0 Å². The molecule has 3 aromatic heterocycles. The summed E-state index contributed by atoms with van der Waals surface area (Å²) in [6.07, 6.45) is 4.46. The Bertz CT molecular complexity index is 1520. The first-order chi connectivity index (χ1) is 15.5. The summed E-state index contributed by atoms with van der Waals surface area (Å²) in [5.74, 6) is 0.459. The van der Waals surface area contributed by atoms with Crippen LogP contribution in [0.4, 0.5) is 16.5 Å². The van der Waals surface area contributed by atoms with Gasteiger partial charge in [0.25, 0.3) is 10.0 Å². The molecular formula is C20H14ClN7O2S2. The number of rotatable bonds is 6. The number of fused-ring (bicyclic) bond motifs is 1. The van der Waals surface area contributed by atoms with Crippen LogP contribution in [-0.4, -0.2) is 33.0 Å². The molecule has 0 radical (unpaired) electrons. The van der Waals surface area contributed by atoms with Crippen molar-refractivity contribution in [2.75, 3.05) is 10.0 Å². The molecule has 0 unspecified atom stereocenters. The van der Waals surface area contributed by atoms with Crippen molar-refractivity contribution in [3.8, 4) is 11.4 Å². The highest BCUT2D eigenvalue weighted by molar-refractivity contribution is 7.92. The van der Waals surface area contributed by atoms with Crippen LogP contribution in [0.1, 0.15) is 0 Å². The maximum absolute atomic E-state index is 12.6. The number of aromatic amines is 1. The molecule has 0 aliphatic carbocycles. The van der Waals surface area contributed by atoms with Gasteiger partial charge in [-0.2, -0.15) is 14.5 Å². The second-order valence-electron chi connectivity index (χ2n) is 6.68. The summed E-state index contributed by atoms with van der Waals surface area (Å²) in [4.78, 5) is 8.44. The Morgan fingerprint density at radius 3 is 2.81 bits per heavy atom. The van der Waals surface area contributed by atoms with Crippen molar-refractivity contribution in [2.45, 2.75) is 4.90 Å². The van der Waals surface area contributed by atoms with Crippen LogP contribution in [0.2, 0.25) is 5.02 Å². The van der Waals surface area contributed by atoms with Crippen molar-refractivity contribution >= 4 is 60.6 Å². The zero-order valence-corrected chi connectivity index (χ0v) is 18.5. The molecule has 5 aromatic rings. The first kappa shape index (κ1) is 20.4. The molecule has 0 aliphatic rings. The van der Waals surface area contributed by atoms with Gasteiger partial charge in [0.2, 0.25) is 5.13 Å². The zero-order valence-electron chi connectivity index (χ0n) is 16.2. The fraction of sp³-hybridized carbons (Fsp3) is 0. The minimum Gasteiger partial charge on any atom is -0.329 e. The van der Waals surface area contributed by atoms with E-state index in [-0.39, 0.29) is 4.90 Å². The predicted molar refractivity (Wildman–Crippen MR) is 125 cm³/mol. The maximum atomic E-state index is 12.6. The number of sulfonamides is 1. The van der Waals surface area contributed by atoms with Crippen LogP contribution in [0, 0.1) is 0 Å². The van der Waals surface area contributed by atoms with E-state index in [4.69, 9.17) is 11.6 Å². The monoisotopic (exact) mass is 483 g/mol. The summed E-state index contributed by atoms with van der Waals surface area (Å²) in [6.45, 7) is 0. The van der Waals surface area contributed by atoms with E-state index in [1.165, 1.54) is 30.0 Å². The Hall–Kier alpha value is -3.54. The van der Waals surface area contributed by atoms with E-state index < -0.39 is 10.0 Å². The molecule has 12 heteroatoms. The lowest BCUT2D eigenvalue weighted by molar-refractivity contribution is 0.601. The standard InChI is InChI=1S/C20H14ClN7O2S2/c21-18-15-11-23-26-16(15)6-7-17(18)24-20-25-19(27-31-20)12-3-1-4-13(9-12)28-32(29,30)14-5-2-8-22-10-14/h1-11,28H,(H,23,26)(H,24,25,27). The molecule has 0 bridgehead atoms. The van der Waals surface area contributed by atoms with Crippen molar-refractivity contribution < 1.29 is 8.42 Å². The van der Waals surface area contributed by atoms with E-state index >= 15 is 0 Å². The summed E-state index contributed by atoms with van der Waals surface area (Å²) >= 11 is 7.62. The van der Waals surface area contributed by atoms with E-state index in [1.807, 2.05) is 12.1 Å². The van der Waals surface area contributed by atoms with Gasteiger partial charge in [0.05, 0.1) is 22.4 Å². The number of halogens is 1. The van der Waals surface area contributed by atoms with Gasteiger partial charge in [0.15, 0.2) is 5.82 Å². The lowest BCUT2D eigenvalue weighted by Crippen LogP contribution is -2.13. The molecule has 2 aromatic carbocycles. The van der Waals surface area contributed by atoms with Crippen LogP contribution in [0.5, 0.6) is 0 Å². The number of H-pyrrole nitrogens is 1. The minimum atomic E-state index is -3.75. The number of nitrogens with zero attached hydrogens (tertiary/aromatic N) is 4. The first-order valence-corrected chi connectivity index (χ1v) is 11.9. The van der Waals surface area contributed by atoms with Crippen LogP contribution < -0.4 is 10.0 Å². The summed E-state index contributed by atoms with van der Waals surface area (Å²) in [5.41, 5.74) is 2.58. The van der Waals surface area contributed by atoms with Crippen molar-refractivity contribution in [1.82, 2.24) is 24.5 Å². The molecule has 32 heavy (non-hydrogen) atoms. The normalized spacial score (nSPS) is 11.5. The van der Waals surface area contributed by atoms with Gasteiger partial charge in [-0.15, -0.1) is 0 Å². The predicted octanol–water partition coefficient (Wildman–Crippen LogP) is 4.67. The van der Waals surface area contributed by atoms with Gasteiger partial charge in [-0.3, -0.25) is 14.8 Å². The highest BCUT2D eigenvalue weighted by Gasteiger charge is 2.16. The smallest absolute Gasteiger partial charge is 0.263 e. The number of benzene rings is 2. The SMILES string of the molecule is O=S(=O)(Nc1cccc(-c2nsc(Nc3ccc4[nH]ncc4c3Cl)n2)c1)c1cccnc1. The molecule has 9 nitrogen and oxygen atoms in total. The maximum Gasteiger partial charge on any atom is 0.263 e. The molecule has 0 amide bonds. The van der Waals surface area contributed by atoms with Gasteiger partial charge in [-0.1, -0.05) is 23.7 Å². The van der Waals surface area contributed by atoms with Crippen LogP contribution >= 0.6 is 23.1 Å². The van der Waals surface area contributed by atoms with Crippen LogP contribution in [0.25, 0.3) is 22.3 Å². The molecule has 0 saturated heterocycles. The van der Waals surface area contributed by atoms with Gasteiger partial charge in [-0.05, 0) is 36.4 Å². The van der Waals surface area contributed by atoms with Crippen LogP contribution in [-0.2, 0) is 10.0 Å². The minimum absolute atomic E-state index is 0.0788. The van der Waals surface area contributed by atoms with Crippen molar-refractivity contribution in [1.29, 1.82) is 0 Å². The van der Waals surface area contributed by atoms with Crippen molar-refractivity contribution in [2.24, 2.45) is 0 Å². The summed E-state index contributed by atoms with van der Waals surface area (Å²) in [5, 5.41) is 11.9. The quantitative estimate of drug-likeness (QED) is 0.320. The molecule has 3 heterocycles. The number of nitrogens with one attached hydrogen (secondary N) is 3. The third kappa shape index (κ3) is 4.00. The van der Waals surface area contributed by atoms with E-state index in [1.54, 1.807) is 36.5 Å². The molecular weight excluding hydrogens is 470 g/mol. The Morgan fingerprint density at radius 1 is 1.06 bits per heavy atom. The van der Waals surface area contributed by atoms with E-state index in [0.717, 1.165) is 10.9 Å². The first-order valence-electron chi connectivity index (χ1n) is 9.25. The molecule has 0 saturated carbocycles. The topological polar surface area (TPSA) is 126 Å². The third-order valence-electron chi connectivity index (χ3n) is 4.54. The number of hydrogen-bond acceptors (Lipinski definition) is 8. The van der Waals surface area contributed by atoms with Crippen molar-refractivity contribution in [3.05, 3.63) is 72.1 Å². The van der Waals surface area contributed by atoms with Gasteiger partial charge in [-0.25, -0.2) is 8.42 Å². The van der Waals surface area contributed by atoms with Gasteiger partial charge >= 0.3 is 0 Å². The highest BCUT2D eigenvalue weighted by atomic mass is 35.5. The second-order valence-corrected chi connectivity index (χ2v) is 9.49. The van der Waals surface area contributed by atoms with E-state index in [9.17, 15) is 8.42 Å². The lowest BCUT2D eigenvalue weighted by atomic mass is 10.2. The third-order valence-corrected chi connectivity index (χ3v) is 6.95. The molecule has 0 atom stereocenters. The van der Waals surface area contributed by atoms with Gasteiger partial charge in [0, 0.05) is 40.6 Å². The van der Waals surface area contributed by atoms with Gasteiger partial charge < -0.3 is 5.32 Å². The lowest BCUT2D eigenvalue weighted by Gasteiger charge is -2.08. The van der Waals surface area contributed by atoms with Gasteiger partial charge in [0.1, 0.15) is 4.90 Å². The number of aromatic nitrogens is 5. The summed E-state index contributed by atoms with van der Waals surface area (Å²) < 4.78 is 32.0. The molecule has 0 aliphatic heterocycles. The average Bonchev–Trinajstić information content (AvgIpc) is 3.46. The Kier molecular flexibility index (Phi) is 5.21. The van der Waals surface area contributed by atoms with E-state index in [2.05, 4.69) is 34.6 Å². The molecule has 5 rings (SSSR count). The molecule has 0 spiro atoms. The second kappa shape index (κ2) is 8.19. The molecule has 3 N–H and O–H groups in total. The fourth-order valence-electron chi connectivity index (χ4n) is 3.03. The van der Waals surface area contributed by atoms with Crippen molar-refractivity contribution in [3.63, 3.8) is 0 Å². The average molecular weight is 484 g/mol. The summed E-state index contributed by atoms with van der Waals surface area (Å²) in [7, 11) is -3.75.